The molecule has 1 aromatic rings. The summed E-state index contributed by atoms with van der Waals surface area (Å²) in [5, 5.41) is 11.8. The molecule has 2 atom stereocenters. The molecule has 0 aliphatic heterocycles. The Kier molecular flexibility index (Phi) is 6.01. The zero-order valence-corrected chi connectivity index (χ0v) is 13.2. The first kappa shape index (κ1) is 16.5. The maximum absolute atomic E-state index is 11.9. The Balaban J connectivity index is 2.79. The molecule has 1 amide bonds. The third-order valence-corrected chi connectivity index (χ3v) is 3.51. The zero-order chi connectivity index (χ0) is 15.3. The maximum Gasteiger partial charge on any atom is 0.335 e. The second-order valence-corrected chi connectivity index (χ2v) is 5.38. The molecule has 2 N–H and O–H groups in total. The molecule has 0 fully saturated rings. The zero-order valence-electron chi connectivity index (χ0n) is 11.6. The lowest BCUT2D eigenvalue weighted by atomic mass is 10.2. The van der Waals surface area contributed by atoms with Gasteiger partial charge in [-0.25, -0.2) is 4.79 Å². The number of benzene rings is 1. The summed E-state index contributed by atoms with van der Waals surface area (Å²) in [6, 6.07) is 4.50. The van der Waals surface area contributed by atoms with Crippen molar-refractivity contribution < 1.29 is 19.4 Å². The van der Waals surface area contributed by atoms with Crippen molar-refractivity contribution in [3.05, 3.63) is 28.2 Å². The topological polar surface area (TPSA) is 75.6 Å². The van der Waals surface area contributed by atoms with E-state index in [9.17, 15) is 9.59 Å². The van der Waals surface area contributed by atoms with E-state index in [1.54, 1.807) is 13.0 Å². The number of hydrogen-bond donors (Lipinski definition) is 2. The van der Waals surface area contributed by atoms with Gasteiger partial charge in [-0.1, -0.05) is 6.92 Å². The molecule has 0 saturated heterocycles. The predicted molar refractivity (Wildman–Crippen MR) is 79.1 cm³/mol. The Morgan fingerprint density at radius 2 is 2.05 bits per heavy atom. The van der Waals surface area contributed by atoms with Crippen LogP contribution < -0.4 is 10.1 Å². The molecule has 20 heavy (non-hydrogen) atoms. The molecule has 1 rings (SSSR count). The van der Waals surface area contributed by atoms with Gasteiger partial charge in [0.2, 0.25) is 0 Å². The maximum atomic E-state index is 11.9. The number of hydrogen-bond acceptors (Lipinski definition) is 3. The Labute approximate surface area is 126 Å². The molecule has 0 heterocycles. The lowest BCUT2D eigenvalue weighted by molar-refractivity contribution is -0.127. The highest BCUT2D eigenvalue weighted by Crippen LogP contribution is 2.27. The summed E-state index contributed by atoms with van der Waals surface area (Å²) in [5.41, 5.74) is 0.109. The third kappa shape index (κ3) is 4.52. The Morgan fingerprint density at radius 1 is 1.40 bits per heavy atom. The minimum atomic E-state index is -1.04. The first-order valence-electron chi connectivity index (χ1n) is 6.35. The van der Waals surface area contributed by atoms with Crippen LogP contribution in [0.4, 0.5) is 0 Å². The average molecular weight is 344 g/mol. The molecule has 0 aliphatic rings. The summed E-state index contributed by atoms with van der Waals surface area (Å²) < 4.78 is 6.12. The monoisotopic (exact) mass is 343 g/mol. The first-order valence-corrected chi connectivity index (χ1v) is 7.14. The third-order valence-electron chi connectivity index (χ3n) is 2.85. The molecule has 110 valence electrons. The van der Waals surface area contributed by atoms with Gasteiger partial charge in [0.25, 0.3) is 5.91 Å². The number of carboxylic acids is 1. The number of aromatic carboxylic acids is 1. The summed E-state index contributed by atoms with van der Waals surface area (Å²) in [7, 11) is 0. The van der Waals surface area contributed by atoms with Gasteiger partial charge >= 0.3 is 5.97 Å². The summed E-state index contributed by atoms with van der Waals surface area (Å²) >= 11 is 3.27. The molecule has 0 bridgehead atoms. The minimum Gasteiger partial charge on any atom is -0.480 e. The fourth-order valence-corrected chi connectivity index (χ4v) is 1.77. The highest BCUT2D eigenvalue weighted by atomic mass is 79.9. The highest BCUT2D eigenvalue weighted by Gasteiger charge is 2.18. The number of amides is 1. The Bertz CT molecular complexity index is 504. The van der Waals surface area contributed by atoms with E-state index in [1.807, 2.05) is 13.8 Å². The van der Waals surface area contributed by atoms with Gasteiger partial charge in [-0.15, -0.1) is 0 Å². The number of carbonyl (C=O) groups excluding carboxylic acids is 1. The first-order chi connectivity index (χ1) is 9.35. The fourth-order valence-electron chi connectivity index (χ4n) is 1.43. The van der Waals surface area contributed by atoms with E-state index < -0.39 is 12.1 Å². The van der Waals surface area contributed by atoms with Gasteiger partial charge in [-0.3, -0.25) is 4.79 Å². The minimum absolute atomic E-state index is 0.0716. The molecular formula is C14H18BrNO4. The van der Waals surface area contributed by atoms with Gasteiger partial charge in [0, 0.05) is 6.04 Å². The van der Waals surface area contributed by atoms with E-state index in [-0.39, 0.29) is 17.5 Å². The molecule has 6 heteroatoms. The second-order valence-electron chi connectivity index (χ2n) is 4.53. The van der Waals surface area contributed by atoms with Crippen molar-refractivity contribution in [2.24, 2.45) is 0 Å². The lowest BCUT2D eigenvalue weighted by Gasteiger charge is -2.18. The van der Waals surface area contributed by atoms with Crippen LogP contribution in [0.5, 0.6) is 5.75 Å². The van der Waals surface area contributed by atoms with Crippen LogP contribution in [-0.4, -0.2) is 29.1 Å². The number of carbonyl (C=O) groups is 2. The molecule has 0 spiro atoms. The van der Waals surface area contributed by atoms with E-state index >= 15 is 0 Å². The van der Waals surface area contributed by atoms with Gasteiger partial charge in [0.05, 0.1) is 10.0 Å². The molecule has 2 unspecified atom stereocenters. The quantitative estimate of drug-likeness (QED) is 0.832. The smallest absolute Gasteiger partial charge is 0.335 e. The van der Waals surface area contributed by atoms with E-state index in [1.165, 1.54) is 12.1 Å². The predicted octanol–water partition coefficient (Wildman–Crippen LogP) is 2.83. The number of halogens is 1. The van der Waals surface area contributed by atoms with Crippen LogP contribution in [0.25, 0.3) is 0 Å². The van der Waals surface area contributed by atoms with Crippen molar-refractivity contribution in [1.82, 2.24) is 5.32 Å². The second kappa shape index (κ2) is 7.28. The van der Waals surface area contributed by atoms with Crippen LogP contribution in [-0.2, 0) is 4.79 Å². The lowest BCUT2D eigenvalue weighted by Crippen LogP contribution is -2.41. The van der Waals surface area contributed by atoms with Crippen LogP contribution in [0.2, 0.25) is 0 Å². The van der Waals surface area contributed by atoms with Gasteiger partial charge in [0.15, 0.2) is 6.10 Å². The molecular weight excluding hydrogens is 326 g/mol. The van der Waals surface area contributed by atoms with Crippen LogP contribution in [0, 0.1) is 0 Å². The Hall–Kier alpha value is -1.56. The van der Waals surface area contributed by atoms with E-state index in [4.69, 9.17) is 9.84 Å². The van der Waals surface area contributed by atoms with Crippen LogP contribution in [0.15, 0.2) is 22.7 Å². The van der Waals surface area contributed by atoms with Crippen LogP contribution in [0.3, 0.4) is 0 Å². The van der Waals surface area contributed by atoms with Crippen molar-refractivity contribution in [2.75, 3.05) is 0 Å². The van der Waals surface area contributed by atoms with Crippen LogP contribution in [0.1, 0.15) is 37.6 Å². The van der Waals surface area contributed by atoms with Gasteiger partial charge in [0.1, 0.15) is 5.75 Å². The molecule has 0 aromatic heterocycles. The fraction of sp³-hybridized carbons (Fsp3) is 0.429. The van der Waals surface area contributed by atoms with Crippen molar-refractivity contribution in [2.45, 2.75) is 39.3 Å². The summed E-state index contributed by atoms with van der Waals surface area (Å²) in [5.74, 6) is -0.942. The molecule has 0 saturated carbocycles. The molecule has 0 radical (unpaired) electrons. The van der Waals surface area contributed by atoms with Gasteiger partial charge in [-0.05, 0) is 54.4 Å². The summed E-state index contributed by atoms with van der Waals surface area (Å²) in [6.07, 6.45) is 0.126. The normalized spacial score (nSPS) is 13.4. The largest absolute Gasteiger partial charge is 0.480 e. The van der Waals surface area contributed by atoms with Crippen molar-refractivity contribution in [3.8, 4) is 5.75 Å². The van der Waals surface area contributed by atoms with Crippen LogP contribution >= 0.6 is 15.9 Å². The molecule has 0 aliphatic carbocycles. The molecule has 5 nitrogen and oxygen atoms in total. The highest BCUT2D eigenvalue weighted by molar-refractivity contribution is 9.10. The van der Waals surface area contributed by atoms with Crippen molar-refractivity contribution in [1.29, 1.82) is 0 Å². The summed E-state index contributed by atoms with van der Waals surface area (Å²) in [4.78, 5) is 22.8. The van der Waals surface area contributed by atoms with E-state index in [0.29, 0.717) is 10.2 Å². The number of nitrogens with one attached hydrogen (secondary N) is 1. The SMILES string of the molecule is CCC(C)NC(=O)C(C)Oc1cc(C(=O)O)ccc1Br. The molecule has 1 aromatic carbocycles. The number of carboxylic acid groups (broad SMARTS) is 1. The van der Waals surface area contributed by atoms with Crippen molar-refractivity contribution >= 4 is 27.8 Å². The Morgan fingerprint density at radius 3 is 2.60 bits per heavy atom. The van der Waals surface area contributed by atoms with E-state index in [2.05, 4.69) is 21.2 Å². The average Bonchev–Trinajstić information content (AvgIpc) is 2.40. The standard InChI is InChI=1S/C14H18BrNO4/c1-4-8(2)16-13(17)9(3)20-12-7-10(14(18)19)5-6-11(12)15/h5-9H,4H2,1-3H3,(H,16,17)(H,18,19). The van der Waals surface area contributed by atoms with Gasteiger partial charge < -0.3 is 15.2 Å². The van der Waals surface area contributed by atoms with E-state index in [0.717, 1.165) is 6.42 Å². The summed E-state index contributed by atoms with van der Waals surface area (Å²) in [6.45, 7) is 5.51. The number of ether oxygens (including phenoxy) is 1. The van der Waals surface area contributed by atoms with Crippen molar-refractivity contribution in [3.63, 3.8) is 0 Å². The number of rotatable bonds is 6. The van der Waals surface area contributed by atoms with Gasteiger partial charge in [-0.2, -0.15) is 0 Å².